The number of halogens is 1. The summed E-state index contributed by atoms with van der Waals surface area (Å²) in [5.74, 6) is 0.628. The molecule has 0 saturated heterocycles. The van der Waals surface area contributed by atoms with Gasteiger partial charge in [0.15, 0.2) is 0 Å². The summed E-state index contributed by atoms with van der Waals surface area (Å²) in [5.41, 5.74) is 2.62. The van der Waals surface area contributed by atoms with Crippen LogP contribution >= 0.6 is 15.9 Å². The SMILES string of the molecule is COc1ccc(C)cc1C(C)NC(=O)c1cc(Br)c[nH]1. The van der Waals surface area contributed by atoms with E-state index in [4.69, 9.17) is 4.74 Å². The lowest BCUT2D eigenvalue weighted by Crippen LogP contribution is -2.27. The van der Waals surface area contributed by atoms with Crippen LogP contribution in [0.5, 0.6) is 5.75 Å². The molecule has 0 radical (unpaired) electrons. The van der Waals surface area contributed by atoms with Crippen molar-refractivity contribution in [1.82, 2.24) is 10.3 Å². The number of amides is 1. The highest BCUT2D eigenvalue weighted by Gasteiger charge is 2.16. The molecule has 0 aliphatic carbocycles. The number of aromatic nitrogens is 1. The van der Waals surface area contributed by atoms with Crippen LogP contribution in [0.25, 0.3) is 0 Å². The monoisotopic (exact) mass is 336 g/mol. The second-order valence-electron chi connectivity index (χ2n) is 4.67. The van der Waals surface area contributed by atoms with E-state index in [1.165, 1.54) is 0 Å². The van der Waals surface area contributed by atoms with Crippen LogP contribution in [0.1, 0.15) is 34.6 Å². The summed E-state index contributed by atoms with van der Waals surface area (Å²) < 4.78 is 6.20. The van der Waals surface area contributed by atoms with E-state index >= 15 is 0 Å². The minimum Gasteiger partial charge on any atom is -0.496 e. The molecule has 5 heteroatoms. The molecule has 1 aromatic heterocycles. The van der Waals surface area contributed by atoms with Gasteiger partial charge in [-0.3, -0.25) is 4.79 Å². The molecule has 1 unspecified atom stereocenters. The average molecular weight is 337 g/mol. The molecule has 0 fully saturated rings. The zero-order valence-electron chi connectivity index (χ0n) is 11.7. The van der Waals surface area contributed by atoms with E-state index in [9.17, 15) is 4.79 Å². The van der Waals surface area contributed by atoms with Crippen molar-refractivity contribution in [2.24, 2.45) is 0 Å². The maximum Gasteiger partial charge on any atom is 0.268 e. The van der Waals surface area contributed by atoms with Crippen molar-refractivity contribution in [2.75, 3.05) is 7.11 Å². The lowest BCUT2D eigenvalue weighted by molar-refractivity contribution is 0.0935. The molecular formula is C15H17BrN2O2. The van der Waals surface area contributed by atoms with Crippen LogP contribution in [0.15, 0.2) is 34.9 Å². The summed E-state index contributed by atoms with van der Waals surface area (Å²) in [6.07, 6.45) is 1.73. The Balaban J connectivity index is 2.17. The van der Waals surface area contributed by atoms with Gasteiger partial charge < -0.3 is 15.0 Å². The van der Waals surface area contributed by atoms with Gasteiger partial charge in [-0.1, -0.05) is 17.7 Å². The van der Waals surface area contributed by atoms with Gasteiger partial charge >= 0.3 is 0 Å². The molecule has 2 aromatic rings. The molecule has 2 rings (SSSR count). The summed E-state index contributed by atoms with van der Waals surface area (Å²) in [6.45, 7) is 3.95. The minimum absolute atomic E-state index is 0.139. The number of nitrogens with one attached hydrogen (secondary N) is 2. The van der Waals surface area contributed by atoms with E-state index in [2.05, 4.69) is 26.2 Å². The van der Waals surface area contributed by atoms with Gasteiger partial charge in [-0.25, -0.2) is 0 Å². The van der Waals surface area contributed by atoms with Crippen LogP contribution < -0.4 is 10.1 Å². The van der Waals surface area contributed by atoms with Crippen LogP contribution in [0.4, 0.5) is 0 Å². The Morgan fingerprint density at radius 2 is 2.15 bits per heavy atom. The second kappa shape index (κ2) is 6.13. The lowest BCUT2D eigenvalue weighted by Gasteiger charge is -2.17. The van der Waals surface area contributed by atoms with E-state index in [0.717, 1.165) is 21.3 Å². The van der Waals surface area contributed by atoms with Gasteiger partial charge in [0.2, 0.25) is 0 Å². The van der Waals surface area contributed by atoms with E-state index < -0.39 is 0 Å². The summed E-state index contributed by atoms with van der Waals surface area (Å²) in [7, 11) is 1.63. The van der Waals surface area contributed by atoms with Crippen molar-refractivity contribution in [3.8, 4) is 5.75 Å². The van der Waals surface area contributed by atoms with Crippen LogP contribution in [-0.4, -0.2) is 18.0 Å². The smallest absolute Gasteiger partial charge is 0.268 e. The number of carbonyl (C=O) groups excluding carboxylic acids is 1. The average Bonchev–Trinajstić information content (AvgIpc) is 2.85. The standard InChI is InChI=1S/C15H17BrN2O2/c1-9-4-5-14(20-3)12(6-9)10(2)18-15(19)13-7-11(16)8-17-13/h4-8,10,17H,1-3H3,(H,18,19). The Bertz CT molecular complexity index is 622. The third kappa shape index (κ3) is 3.22. The molecule has 1 aromatic carbocycles. The fourth-order valence-electron chi connectivity index (χ4n) is 2.04. The number of hydrogen-bond acceptors (Lipinski definition) is 2. The molecule has 0 saturated carbocycles. The predicted molar refractivity (Wildman–Crippen MR) is 82.1 cm³/mol. The molecular weight excluding hydrogens is 320 g/mol. The summed E-state index contributed by atoms with van der Waals surface area (Å²) in [6, 6.07) is 7.53. The lowest BCUT2D eigenvalue weighted by atomic mass is 10.0. The Labute approximate surface area is 126 Å². The van der Waals surface area contributed by atoms with Gasteiger partial charge in [0.25, 0.3) is 5.91 Å². The maximum absolute atomic E-state index is 12.1. The van der Waals surface area contributed by atoms with Crippen LogP contribution in [0, 0.1) is 6.92 Å². The topological polar surface area (TPSA) is 54.1 Å². The number of rotatable bonds is 4. The quantitative estimate of drug-likeness (QED) is 0.896. The number of hydrogen-bond donors (Lipinski definition) is 2. The Kier molecular flexibility index (Phi) is 4.49. The van der Waals surface area contributed by atoms with E-state index in [-0.39, 0.29) is 11.9 Å². The molecule has 1 atom stereocenters. The molecule has 1 heterocycles. The van der Waals surface area contributed by atoms with Gasteiger partial charge in [-0.2, -0.15) is 0 Å². The molecule has 0 aliphatic rings. The largest absolute Gasteiger partial charge is 0.496 e. The maximum atomic E-state index is 12.1. The normalized spacial score (nSPS) is 12.0. The number of benzene rings is 1. The number of aromatic amines is 1. The Morgan fingerprint density at radius 1 is 1.40 bits per heavy atom. The predicted octanol–water partition coefficient (Wildman–Crippen LogP) is 3.59. The third-order valence-electron chi connectivity index (χ3n) is 3.09. The Hall–Kier alpha value is -1.75. The van der Waals surface area contributed by atoms with Crippen molar-refractivity contribution in [1.29, 1.82) is 0 Å². The van der Waals surface area contributed by atoms with Gasteiger partial charge in [0.1, 0.15) is 11.4 Å². The highest BCUT2D eigenvalue weighted by Crippen LogP contribution is 2.26. The highest BCUT2D eigenvalue weighted by molar-refractivity contribution is 9.10. The zero-order valence-corrected chi connectivity index (χ0v) is 13.2. The third-order valence-corrected chi connectivity index (χ3v) is 3.55. The first-order valence-corrected chi connectivity index (χ1v) is 7.10. The number of carbonyl (C=O) groups is 1. The summed E-state index contributed by atoms with van der Waals surface area (Å²) >= 11 is 3.31. The Morgan fingerprint density at radius 3 is 2.75 bits per heavy atom. The highest BCUT2D eigenvalue weighted by atomic mass is 79.9. The second-order valence-corrected chi connectivity index (χ2v) is 5.59. The van der Waals surface area contributed by atoms with Crippen molar-refractivity contribution in [3.63, 3.8) is 0 Å². The van der Waals surface area contributed by atoms with Crippen molar-refractivity contribution in [3.05, 3.63) is 51.8 Å². The summed E-state index contributed by atoms with van der Waals surface area (Å²) in [4.78, 5) is 15.0. The number of H-pyrrole nitrogens is 1. The molecule has 4 nitrogen and oxygen atoms in total. The van der Waals surface area contributed by atoms with Gasteiger partial charge in [0.05, 0.1) is 13.2 Å². The number of aryl methyl sites for hydroxylation is 1. The molecule has 2 N–H and O–H groups in total. The van der Waals surface area contributed by atoms with Crippen molar-refractivity contribution >= 4 is 21.8 Å². The molecule has 106 valence electrons. The van der Waals surface area contributed by atoms with Gasteiger partial charge in [-0.15, -0.1) is 0 Å². The first-order valence-electron chi connectivity index (χ1n) is 6.30. The van der Waals surface area contributed by atoms with Crippen LogP contribution in [-0.2, 0) is 0 Å². The first-order chi connectivity index (χ1) is 9.51. The summed E-state index contributed by atoms with van der Waals surface area (Å²) in [5, 5.41) is 2.96. The molecule has 0 spiro atoms. The van der Waals surface area contributed by atoms with Crippen molar-refractivity contribution in [2.45, 2.75) is 19.9 Å². The molecule has 0 aliphatic heterocycles. The van der Waals surface area contributed by atoms with Crippen molar-refractivity contribution < 1.29 is 9.53 Å². The fraction of sp³-hybridized carbons (Fsp3) is 0.267. The molecule has 0 bridgehead atoms. The number of ether oxygens (including phenoxy) is 1. The number of methoxy groups -OCH3 is 1. The van der Waals surface area contributed by atoms with E-state index in [1.807, 2.05) is 32.0 Å². The minimum atomic E-state index is -0.147. The van der Waals surface area contributed by atoms with E-state index in [1.54, 1.807) is 19.4 Å². The van der Waals surface area contributed by atoms with Crippen LogP contribution in [0.2, 0.25) is 0 Å². The fourth-order valence-corrected chi connectivity index (χ4v) is 2.39. The molecule has 20 heavy (non-hydrogen) atoms. The van der Waals surface area contributed by atoms with E-state index in [0.29, 0.717) is 5.69 Å². The zero-order chi connectivity index (χ0) is 14.7. The first kappa shape index (κ1) is 14.7. The van der Waals surface area contributed by atoms with Crippen LogP contribution in [0.3, 0.4) is 0 Å². The van der Waals surface area contributed by atoms with Gasteiger partial charge in [-0.05, 0) is 41.9 Å². The molecule has 1 amide bonds. The van der Waals surface area contributed by atoms with Gasteiger partial charge in [0, 0.05) is 16.2 Å².